The molecule has 12 aromatic carbocycles. The van der Waals surface area contributed by atoms with Crippen molar-refractivity contribution in [3.8, 4) is 44.5 Å². The molecule has 2 nitrogen and oxygen atoms in total. The quantitative estimate of drug-likeness (QED) is 0.150. The Morgan fingerprint density at radius 2 is 0.535 bits per heavy atom. The molecule has 0 saturated heterocycles. The van der Waals surface area contributed by atoms with Gasteiger partial charge in [-0.3, -0.25) is 0 Å². The molecule has 2 aliphatic carbocycles. The van der Waals surface area contributed by atoms with Gasteiger partial charge in [-0.1, -0.05) is 206 Å². The van der Waals surface area contributed by atoms with Gasteiger partial charge in [0, 0.05) is 34.1 Å². The normalized spacial score (nSPS) is 12.6. The zero-order chi connectivity index (χ0) is 46.9. The van der Waals surface area contributed by atoms with Crippen LogP contribution in [0.15, 0.2) is 279 Å². The Balaban J connectivity index is 0.893. The highest BCUT2D eigenvalue weighted by Gasteiger charge is 2.51. The molecule has 0 bridgehead atoms. The van der Waals surface area contributed by atoms with Crippen molar-refractivity contribution in [2.75, 3.05) is 9.80 Å². The van der Waals surface area contributed by atoms with Crippen LogP contribution in [-0.4, -0.2) is 0 Å². The Morgan fingerprint density at radius 1 is 0.211 bits per heavy atom. The second-order valence-electron chi connectivity index (χ2n) is 18.8. The standard InChI is InChI=1S/C69H46N2/c1-2-20-51(21-3-1)71(56-44-45-64-63-26-10-13-31-67(63)69(68(64)46-56)65-29-11-8-24-61(65)62-25-9-12-30-66(62)69)55-42-40-54(41-43-55)70(52-36-32-49(33-37-52)59-27-14-18-47-16-4-6-22-57(47)59)53-38-34-50(35-39-53)60-28-15-19-48-17-5-7-23-58(48)60/h1-46H. The fourth-order valence-corrected chi connectivity index (χ4v) is 12.0. The highest BCUT2D eigenvalue weighted by Crippen LogP contribution is 2.63. The number of hydrogen-bond acceptors (Lipinski definition) is 2. The molecule has 2 heteroatoms. The van der Waals surface area contributed by atoms with Crippen molar-refractivity contribution in [2.45, 2.75) is 5.41 Å². The first-order valence-electron chi connectivity index (χ1n) is 24.6. The predicted octanol–water partition coefficient (Wildman–Crippen LogP) is 18.6. The van der Waals surface area contributed by atoms with Gasteiger partial charge in [0.15, 0.2) is 0 Å². The van der Waals surface area contributed by atoms with Crippen molar-refractivity contribution in [3.05, 3.63) is 301 Å². The van der Waals surface area contributed by atoms with E-state index in [0.717, 1.165) is 34.1 Å². The molecule has 12 aromatic rings. The summed E-state index contributed by atoms with van der Waals surface area (Å²) >= 11 is 0. The van der Waals surface area contributed by atoms with Crippen LogP contribution < -0.4 is 9.80 Å². The van der Waals surface area contributed by atoms with Gasteiger partial charge in [-0.05, 0) is 161 Å². The second-order valence-corrected chi connectivity index (χ2v) is 18.8. The van der Waals surface area contributed by atoms with Crippen LogP contribution in [0.25, 0.3) is 66.1 Å². The van der Waals surface area contributed by atoms with Gasteiger partial charge in [0.05, 0.1) is 5.41 Å². The lowest BCUT2D eigenvalue weighted by molar-refractivity contribution is 0.793. The molecule has 0 fully saturated rings. The number of para-hydroxylation sites is 1. The molecule has 0 radical (unpaired) electrons. The molecule has 0 unspecified atom stereocenters. The molecule has 71 heavy (non-hydrogen) atoms. The first-order valence-corrected chi connectivity index (χ1v) is 24.6. The van der Waals surface area contributed by atoms with E-state index in [2.05, 4.69) is 289 Å². The summed E-state index contributed by atoms with van der Waals surface area (Å²) in [6, 6.07) is 103. The van der Waals surface area contributed by atoms with Gasteiger partial charge < -0.3 is 9.80 Å². The molecule has 0 heterocycles. The molecule has 1 spiro atoms. The number of fused-ring (bicyclic) bond motifs is 12. The number of hydrogen-bond donors (Lipinski definition) is 0. The van der Waals surface area contributed by atoms with Crippen LogP contribution in [-0.2, 0) is 5.41 Å². The lowest BCUT2D eigenvalue weighted by Crippen LogP contribution is -2.26. The fourth-order valence-electron chi connectivity index (χ4n) is 12.0. The van der Waals surface area contributed by atoms with Gasteiger partial charge in [-0.25, -0.2) is 0 Å². The molecular formula is C69H46N2. The minimum atomic E-state index is -0.436. The minimum absolute atomic E-state index is 0.436. The number of rotatable bonds is 8. The van der Waals surface area contributed by atoms with Crippen molar-refractivity contribution >= 4 is 55.7 Å². The van der Waals surface area contributed by atoms with E-state index in [0.29, 0.717) is 0 Å². The predicted molar refractivity (Wildman–Crippen MR) is 298 cm³/mol. The van der Waals surface area contributed by atoms with E-state index in [4.69, 9.17) is 0 Å². The summed E-state index contributed by atoms with van der Waals surface area (Å²) in [7, 11) is 0. The molecule has 2 aliphatic rings. The molecule has 0 saturated carbocycles. The smallest absolute Gasteiger partial charge is 0.0726 e. The topological polar surface area (TPSA) is 6.48 Å². The summed E-state index contributed by atoms with van der Waals surface area (Å²) in [5.74, 6) is 0. The summed E-state index contributed by atoms with van der Waals surface area (Å²) in [5, 5.41) is 4.99. The van der Waals surface area contributed by atoms with Gasteiger partial charge in [0.2, 0.25) is 0 Å². The van der Waals surface area contributed by atoms with Crippen LogP contribution in [0.5, 0.6) is 0 Å². The fraction of sp³-hybridized carbons (Fsp3) is 0.0145. The zero-order valence-electron chi connectivity index (χ0n) is 39.0. The van der Waals surface area contributed by atoms with Crippen LogP contribution in [0.2, 0.25) is 0 Å². The lowest BCUT2D eigenvalue weighted by atomic mass is 9.70. The van der Waals surface area contributed by atoms with Crippen molar-refractivity contribution < 1.29 is 0 Å². The maximum absolute atomic E-state index is 2.47. The molecule has 14 rings (SSSR count). The van der Waals surface area contributed by atoms with Crippen molar-refractivity contribution in [1.82, 2.24) is 0 Å². The van der Waals surface area contributed by atoms with Crippen LogP contribution in [0.4, 0.5) is 34.1 Å². The Labute approximate surface area is 414 Å². The van der Waals surface area contributed by atoms with E-state index in [1.165, 1.54) is 88.3 Å². The van der Waals surface area contributed by atoms with Gasteiger partial charge in [-0.2, -0.15) is 0 Å². The zero-order valence-corrected chi connectivity index (χ0v) is 39.0. The molecule has 0 N–H and O–H groups in total. The van der Waals surface area contributed by atoms with Crippen molar-refractivity contribution in [2.24, 2.45) is 0 Å². The third-order valence-corrected chi connectivity index (χ3v) is 15.1. The number of anilines is 6. The third-order valence-electron chi connectivity index (χ3n) is 15.1. The minimum Gasteiger partial charge on any atom is -0.311 e. The molecule has 332 valence electrons. The van der Waals surface area contributed by atoms with Crippen LogP contribution in [0.1, 0.15) is 22.3 Å². The Bertz CT molecular complexity index is 3790. The second kappa shape index (κ2) is 16.5. The summed E-state index contributed by atoms with van der Waals surface area (Å²) < 4.78 is 0. The van der Waals surface area contributed by atoms with E-state index in [9.17, 15) is 0 Å². The van der Waals surface area contributed by atoms with Gasteiger partial charge in [-0.15, -0.1) is 0 Å². The summed E-state index contributed by atoms with van der Waals surface area (Å²) in [4.78, 5) is 4.79. The third kappa shape index (κ3) is 6.42. The summed E-state index contributed by atoms with van der Waals surface area (Å²) in [5.41, 5.74) is 21.5. The highest BCUT2D eigenvalue weighted by molar-refractivity contribution is 5.99. The molecule has 0 atom stereocenters. The first-order chi connectivity index (χ1) is 35.2. The van der Waals surface area contributed by atoms with Crippen molar-refractivity contribution in [1.29, 1.82) is 0 Å². The average Bonchev–Trinajstić information content (AvgIpc) is 3.91. The van der Waals surface area contributed by atoms with E-state index < -0.39 is 5.41 Å². The SMILES string of the molecule is c1ccc(N(c2ccc(N(c3ccc(-c4cccc5ccccc45)cc3)c3ccc(-c4cccc5ccccc45)cc3)cc2)c2ccc3c(c2)C2(c4ccccc4-c4ccccc42)c2ccccc2-3)cc1. The summed E-state index contributed by atoms with van der Waals surface area (Å²) in [6.07, 6.45) is 0. The van der Waals surface area contributed by atoms with Crippen LogP contribution in [0.3, 0.4) is 0 Å². The lowest BCUT2D eigenvalue weighted by Gasteiger charge is -2.32. The molecule has 0 amide bonds. The number of benzene rings is 12. The van der Waals surface area contributed by atoms with Crippen molar-refractivity contribution in [3.63, 3.8) is 0 Å². The maximum Gasteiger partial charge on any atom is 0.0726 e. The Hall–Kier alpha value is -9.24. The molecule has 0 aromatic heterocycles. The van der Waals surface area contributed by atoms with Gasteiger partial charge >= 0.3 is 0 Å². The molecule has 0 aliphatic heterocycles. The maximum atomic E-state index is 2.47. The van der Waals surface area contributed by atoms with E-state index in [-0.39, 0.29) is 0 Å². The van der Waals surface area contributed by atoms with E-state index in [1.807, 2.05) is 0 Å². The highest BCUT2D eigenvalue weighted by atomic mass is 15.2. The summed E-state index contributed by atoms with van der Waals surface area (Å²) in [6.45, 7) is 0. The van der Waals surface area contributed by atoms with E-state index >= 15 is 0 Å². The average molecular weight is 903 g/mol. The Kier molecular flexibility index (Phi) is 9.47. The molecular weight excluding hydrogens is 857 g/mol. The van der Waals surface area contributed by atoms with Crippen LogP contribution >= 0.6 is 0 Å². The van der Waals surface area contributed by atoms with Crippen LogP contribution in [0, 0.1) is 0 Å². The van der Waals surface area contributed by atoms with Gasteiger partial charge in [0.25, 0.3) is 0 Å². The number of nitrogens with zero attached hydrogens (tertiary/aromatic N) is 2. The largest absolute Gasteiger partial charge is 0.311 e. The van der Waals surface area contributed by atoms with Gasteiger partial charge in [0.1, 0.15) is 0 Å². The first kappa shape index (κ1) is 40.8. The Morgan fingerprint density at radius 3 is 1.01 bits per heavy atom. The van der Waals surface area contributed by atoms with E-state index in [1.54, 1.807) is 0 Å². The monoisotopic (exact) mass is 902 g/mol.